The molecule has 0 saturated heterocycles. The van der Waals surface area contributed by atoms with Crippen LogP contribution in [-0.2, 0) is 11.2 Å². The number of rotatable bonds is 4. The Balaban J connectivity index is 1.81. The van der Waals surface area contributed by atoms with Crippen LogP contribution in [0.15, 0.2) is 28.1 Å². The van der Waals surface area contributed by atoms with Crippen molar-refractivity contribution in [3.05, 3.63) is 23.8 Å². The third-order valence-electron chi connectivity index (χ3n) is 3.56. The third kappa shape index (κ3) is 2.53. The highest BCUT2D eigenvalue weighted by Crippen LogP contribution is 2.44. The molecule has 1 atom stereocenters. The average molecular weight is 277 g/mol. The van der Waals surface area contributed by atoms with Crippen molar-refractivity contribution >= 4 is 27.5 Å². The maximum Gasteiger partial charge on any atom is 0.228 e. The molecule has 19 heavy (non-hydrogen) atoms. The first kappa shape index (κ1) is 12.7. The molecule has 102 valence electrons. The summed E-state index contributed by atoms with van der Waals surface area (Å²) < 4.78 is 0. The summed E-state index contributed by atoms with van der Waals surface area (Å²) in [6.45, 7) is 1.66. The van der Waals surface area contributed by atoms with Gasteiger partial charge in [0.05, 0.1) is 11.5 Å². The molecule has 3 rings (SSSR count). The molecule has 3 N–H and O–H groups in total. The van der Waals surface area contributed by atoms with Gasteiger partial charge in [0.25, 0.3) is 0 Å². The Morgan fingerprint density at radius 3 is 3.16 bits per heavy atom. The summed E-state index contributed by atoms with van der Waals surface area (Å²) in [7, 11) is -0.293. The summed E-state index contributed by atoms with van der Waals surface area (Å²) in [6.07, 6.45) is 2.55. The summed E-state index contributed by atoms with van der Waals surface area (Å²) in [5, 5.41) is 4.27. The molecule has 0 aliphatic carbocycles. The van der Waals surface area contributed by atoms with E-state index < -0.39 is 0 Å². The molecule has 2 aliphatic rings. The standard InChI is InChI=1S/C14H19N3OS/c15-5-1-2-14-16-6-7-19(14)11-4-3-10-8-13(18)17-12(10)9-11/h3-4,9,19H,1-2,5-8,15H2,(H,17,18). The van der Waals surface area contributed by atoms with Crippen LogP contribution in [0.3, 0.4) is 0 Å². The Kier molecular flexibility index (Phi) is 3.57. The van der Waals surface area contributed by atoms with Crippen molar-refractivity contribution in [1.29, 1.82) is 0 Å². The number of aliphatic imine (C=N–C) groups is 1. The topological polar surface area (TPSA) is 67.5 Å². The van der Waals surface area contributed by atoms with E-state index in [1.54, 1.807) is 0 Å². The van der Waals surface area contributed by atoms with Gasteiger partial charge in [-0.3, -0.25) is 9.79 Å². The predicted molar refractivity (Wildman–Crippen MR) is 81.5 cm³/mol. The number of thiol groups is 1. The number of fused-ring (bicyclic) bond motifs is 1. The first-order valence-corrected chi connectivity index (χ1v) is 8.24. The monoisotopic (exact) mass is 277 g/mol. The van der Waals surface area contributed by atoms with Gasteiger partial charge in [-0.15, -0.1) is 0 Å². The van der Waals surface area contributed by atoms with Crippen molar-refractivity contribution in [2.75, 3.05) is 24.2 Å². The summed E-state index contributed by atoms with van der Waals surface area (Å²) >= 11 is 0. The molecule has 0 spiro atoms. The van der Waals surface area contributed by atoms with Crippen molar-refractivity contribution < 1.29 is 4.79 Å². The quantitative estimate of drug-likeness (QED) is 0.733. The van der Waals surface area contributed by atoms with Crippen LogP contribution in [0, 0.1) is 0 Å². The minimum atomic E-state index is -0.293. The van der Waals surface area contributed by atoms with E-state index in [0.717, 1.165) is 42.9 Å². The van der Waals surface area contributed by atoms with Crippen molar-refractivity contribution in [2.24, 2.45) is 10.7 Å². The van der Waals surface area contributed by atoms with Crippen LogP contribution in [0.5, 0.6) is 0 Å². The van der Waals surface area contributed by atoms with Crippen molar-refractivity contribution in [3.63, 3.8) is 0 Å². The number of hydrogen-bond donors (Lipinski definition) is 3. The molecule has 0 saturated carbocycles. The molecule has 4 nitrogen and oxygen atoms in total. The van der Waals surface area contributed by atoms with E-state index in [2.05, 4.69) is 28.5 Å². The van der Waals surface area contributed by atoms with Gasteiger partial charge in [-0.1, -0.05) is 6.07 Å². The molecule has 0 bridgehead atoms. The van der Waals surface area contributed by atoms with Crippen molar-refractivity contribution in [1.82, 2.24) is 0 Å². The molecule has 1 aromatic carbocycles. The van der Waals surface area contributed by atoms with Crippen LogP contribution < -0.4 is 11.1 Å². The summed E-state index contributed by atoms with van der Waals surface area (Å²) in [5.41, 5.74) is 7.69. The predicted octanol–water partition coefficient (Wildman–Crippen LogP) is 1.69. The van der Waals surface area contributed by atoms with Crippen LogP contribution in [0.2, 0.25) is 0 Å². The molecular formula is C14H19N3OS. The second-order valence-electron chi connectivity index (χ2n) is 4.91. The van der Waals surface area contributed by atoms with Crippen LogP contribution in [-0.4, -0.2) is 29.8 Å². The van der Waals surface area contributed by atoms with E-state index >= 15 is 0 Å². The highest BCUT2D eigenvalue weighted by molar-refractivity contribution is 8.30. The Morgan fingerprint density at radius 2 is 2.32 bits per heavy atom. The van der Waals surface area contributed by atoms with E-state index in [4.69, 9.17) is 5.73 Å². The normalized spacial score (nSPS) is 23.1. The molecule has 2 heterocycles. The van der Waals surface area contributed by atoms with Crippen molar-refractivity contribution in [2.45, 2.75) is 24.2 Å². The van der Waals surface area contributed by atoms with Gasteiger partial charge in [0.15, 0.2) is 0 Å². The lowest BCUT2D eigenvalue weighted by Gasteiger charge is -2.18. The van der Waals surface area contributed by atoms with Crippen LogP contribution in [0.25, 0.3) is 0 Å². The largest absolute Gasteiger partial charge is 0.330 e. The van der Waals surface area contributed by atoms with Gasteiger partial charge in [-0.2, -0.15) is 10.9 Å². The molecular weight excluding hydrogens is 258 g/mol. The highest BCUT2D eigenvalue weighted by atomic mass is 32.2. The Hall–Kier alpha value is -1.33. The van der Waals surface area contributed by atoms with Crippen LogP contribution >= 0.6 is 10.9 Å². The lowest BCUT2D eigenvalue weighted by Crippen LogP contribution is -2.05. The van der Waals surface area contributed by atoms with Gasteiger partial charge >= 0.3 is 0 Å². The smallest absolute Gasteiger partial charge is 0.228 e. The van der Waals surface area contributed by atoms with Gasteiger partial charge in [0.2, 0.25) is 5.91 Å². The van der Waals surface area contributed by atoms with E-state index in [1.807, 2.05) is 0 Å². The Bertz CT molecular complexity index is 541. The number of amides is 1. The van der Waals surface area contributed by atoms with Gasteiger partial charge in [0.1, 0.15) is 0 Å². The zero-order chi connectivity index (χ0) is 13.2. The van der Waals surface area contributed by atoms with E-state index in [0.29, 0.717) is 6.42 Å². The van der Waals surface area contributed by atoms with Gasteiger partial charge in [-0.05, 0) is 42.0 Å². The second kappa shape index (κ2) is 5.35. The summed E-state index contributed by atoms with van der Waals surface area (Å²) in [5.74, 6) is 1.24. The molecule has 0 aromatic heterocycles. The minimum Gasteiger partial charge on any atom is -0.330 e. The SMILES string of the molecule is NCCCC1=NCC[SH]1c1ccc2c(c1)NC(=O)C2. The van der Waals surface area contributed by atoms with E-state index in [1.165, 1.54) is 9.94 Å². The maximum absolute atomic E-state index is 11.4. The highest BCUT2D eigenvalue weighted by Gasteiger charge is 2.22. The molecule has 0 radical (unpaired) electrons. The molecule has 2 aliphatic heterocycles. The fourth-order valence-electron chi connectivity index (χ4n) is 2.62. The van der Waals surface area contributed by atoms with E-state index in [-0.39, 0.29) is 16.8 Å². The lowest BCUT2D eigenvalue weighted by atomic mass is 10.2. The molecule has 5 heteroatoms. The van der Waals surface area contributed by atoms with Gasteiger partial charge < -0.3 is 11.1 Å². The summed E-state index contributed by atoms with van der Waals surface area (Å²) in [4.78, 5) is 17.4. The number of nitrogens with two attached hydrogens (primary N) is 1. The maximum atomic E-state index is 11.4. The fourth-order valence-corrected chi connectivity index (χ4v) is 4.97. The number of nitrogens with one attached hydrogen (secondary N) is 1. The van der Waals surface area contributed by atoms with Crippen LogP contribution in [0.4, 0.5) is 5.69 Å². The van der Waals surface area contributed by atoms with Gasteiger partial charge in [-0.25, -0.2) is 0 Å². The molecule has 1 amide bonds. The molecule has 1 unspecified atom stereocenters. The summed E-state index contributed by atoms with van der Waals surface area (Å²) in [6, 6.07) is 6.41. The molecule has 0 fully saturated rings. The number of benzene rings is 1. The third-order valence-corrected chi connectivity index (χ3v) is 6.10. The van der Waals surface area contributed by atoms with E-state index in [9.17, 15) is 4.79 Å². The minimum absolute atomic E-state index is 0.100. The number of carbonyl (C=O) groups is 1. The first-order chi connectivity index (χ1) is 9.28. The van der Waals surface area contributed by atoms with Gasteiger partial charge in [0, 0.05) is 18.0 Å². The fraction of sp³-hybridized carbons (Fsp3) is 0.429. The van der Waals surface area contributed by atoms with Crippen molar-refractivity contribution in [3.8, 4) is 0 Å². The number of hydrogen-bond acceptors (Lipinski definition) is 3. The number of anilines is 1. The Labute approximate surface area is 115 Å². The second-order valence-corrected chi connectivity index (χ2v) is 7.24. The Morgan fingerprint density at radius 1 is 1.42 bits per heavy atom. The molecule has 1 aromatic rings. The van der Waals surface area contributed by atoms with Crippen LogP contribution in [0.1, 0.15) is 18.4 Å². The number of nitrogens with zero attached hydrogens (tertiary/aromatic N) is 1. The zero-order valence-corrected chi connectivity index (χ0v) is 11.7. The lowest BCUT2D eigenvalue weighted by molar-refractivity contribution is -0.115. The first-order valence-electron chi connectivity index (χ1n) is 6.71. The average Bonchev–Trinajstić information content (AvgIpc) is 2.99. The number of carbonyl (C=O) groups excluding carboxylic acids is 1. The zero-order valence-electron chi connectivity index (χ0n) is 10.9.